The normalized spacial score (nSPS) is 20.2. The Bertz CT molecular complexity index is 764. The zero-order valence-corrected chi connectivity index (χ0v) is 16.7. The zero-order chi connectivity index (χ0) is 20.8. The molecule has 2 aliphatic rings. The number of carbonyl (C=O) groups excluding carboxylic acids is 4. The molecular weight excluding hydrogens is 398 g/mol. The smallest absolute Gasteiger partial charge is 0.243 e. The van der Waals surface area contributed by atoms with E-state index >= 15 is 0 Å². The highest BCUT2D eigenvalue weighted by Gasteiger charge is 2.35. The summed E-state index contributed by atoms with van der Waals surface area (Å²) in [4.78, 5) is 53.5. The maximum absolute atomic E-state index is 12.8. The van der Waals surface area contributed by atoms with Gasteiger partial charge in [0, 0.05) is 50.0 Å². The molecule has 156 valence electrons. The fraction of sp³-hybridized carbons (Fsp3) is 0.474. The van der Waals surface area contributed by atoms with Gasteiger partial charge in [0.25, 0.3) is 0 Å². The largest absolute Gasteiger partial charge is 0.353 e. The maximum atomic E-state index is 12.8. The number of carbonyl (C=O) groups is 4. The second kappa shape index (κ2) is 9.71. The van der Waals surface area contributed by atoms with Crippen molar-refractivity contribution in [2.45, 2.75) is 12.5 Å². The second-order valence-corrected chi connectivity index (χ2v) is 7.51. The lowest BCUT2D eigenvalue weighted by molar-refractivity contribution is -0.145. The van der Waals surface area contributed by atoms with Crippen molar-refractivity contribution in [3.05, 3.63) is 29.3 Å². The molecule has 9 nitrogen and oxygen atoms in total. The Morgan fingerprint density at radius 2 is 1.83 bits per heavy atom. The summed E-state index contributed by atoms with van der Waals surface area (Å²) >= 11 is 5.84. The SMILES string of the molecule is O=CN1CCN(CC(=O)N2CCNC(=O)[C@@H]2CC(=O)Nc2ccc(Cl)cc2)CC1. The Morgan fingerprint density at radius 3 is 2.48 bits per heavy atom. The molecule has 1 aromatic rings. The van der Waals surface area contributed by atoms with Gasteiger partial charge in [-0.15, -0.1) is 0 Å². The molecule has 1 aromatic carbocycles. The third-order valence-corrected chi connectivity index (χ3v) is 5.32. The Kier molecular flexibility index (Phi) is 7.05. The molecule has 0 unspecified atom stereocenters. The van der Waals surface area contributed by atoms with Gasteiger partial charge in [-0.1, -0.05) is 11.6 Å². The van der Waals surface area contributed by atoms with Crippen molar-refractivity contribution in [1.82, 2.24) is 20.0 Å². The Morgan fingerprint density at radius 1 is 1.14 bits per heavy atom. The number of nitrogens with one attached hydrogen (secondary N) is 2. The third-order valence-electron chi connectivity index (χ3n) is 5.07. The molecule has 0 aliphatic carbocycles. The first-order valence-corrected chi connectivity index (χ1v) is 9.88. The number of amides is 4. The summed E-state index contributed by atoms with van der Waals surface area (Å²) in [5.41, 5.74) is 0.571. The lowest BCUT2D eigenvalue weighted by Crippen LogP contribution is -2.60. The van der Waals surface area contributed by atoms with Crippen LogP contribution in [-0.4, -0.2) is 90.7 Å². The quantitative estimate of drug-likeness (QED) is 0.618. The number of piperazine rings is 2. The number of hydrogen-bond donors (Lipinski definition) is 2. The predicted octanol–water partition coefficient (Wildman–Crippen LogP) is -0.230. The highest BCUT2D eigenvalue weighted by molar-refractivity contribution is 6.30. The van der Waals surface area contributed by atoms with Gasteiger partial charge >= 0.3 is 0 Å². The van der Waals surface area contributed by atoms with E-state index in [-0.39, 0.29) is 30.7 Å². The Labute approximate surface area is 173 Å². The topological polar surface area (TPSA) is 102 Å². The van der Waals surface area contributed by atoms with Gasteiger partial charge in [-0.05, 0) is 24.3 Å². The van der Waals surface area contributed by atoms with Crippen molar-refractivity contribution < 1.29 is 19.2 Å². The average molecular weight is 422 g/mol. The summed E-state index contributed by atoms with van der Waals surface area (Å²) < 4.78 is 0. The van der Waals surface area contributed by atoms with Crippen molar-refractivity contribution in [2.75, 3.05) is 51.1 Å². The van der Waals surface area contributed by atoms with Crippen LogP contribution in [0.1, 0.15) is 6.42 Å². The number of halogens is 1. The van der Waals surface area contributed by atoms with E-state index in [1.54, 1.807) is 29.2 Å². The van der Waals surface area contributed by atoms with E-state index in [9.17, 15) is 19.2 Å². The van der Waals surface area contributed by atoms with Crippen molar-refractivity contribution in [3.63, 3.8) is 0 Å². The fourth-order valence-electron chi connectivity index (χ4n) is 3.45. The van der Waals surface area contributed by atoms with Crippen molar-refractivity contribution in [1.29, 1.82) is 0 Å². The van der Waals surface area contributed by atoms with E-state index in [1.807, 2.05) is 4.90 Å². The van der Waals surface area contributed by atoms with Gasteiger partial charge in [0.2, 0.25) is 24.1 Å². The summed E-state index contributed by atoms with van der Waals surface area (Å²) in [6.07, 6.45) is 0.683. The van der Waals surface area contributed by atoms with Gasteiger partial charge in [-0.25, -0.2) is 0 Å². The minimum Gasteiger partial charge on any atom is -0.353 e. The van der Waals surface area contributed by atoms with Crippen LogP contribution in [0.15, 0.2) is 24.3 Å². The summed E-state index contributed by atoms with van der Waals surface area (Å²) in [6, 6.07) is 5.81. The molecule has 0 saturated carbocycles. The summed E-state index contributed by atoms with van der Waals surface area (Å²) in [5.74, 6) is -0.878. The average Bonchev–Trinajstić information content (AvgIpc) is 2.71. The molecule has 1 atom stereocenters. The molecule has 3 rings (SSSR count). The van der Waals surface area contributed by atoms with E-state index in [4.69, 9.17) is 11.6 Å². The van der Waals surface area contributed by atoms with E-state index in [0.29, 0.717) is 50.0 Å². The molecule has 2 N–H and O–H groups in total. The van der Waals surface area contributed by atoms with Crippen LogP contribution in [0.5, 0.6) is 0 Å². The molecule has 0 bridgehead atoms. The molecule has 2 fully saturated rings. The van der Waals surface area contributed by atoms with Crippen LogP contribution in [0.4, 0.5) is 5.69 Å². The van der Waals surface area contributed by atoms with Gasteiger partial charge in [0.15, 0.2) is 0 Å². The monoisotopic (exact) mass is 421 g/mol. The molecule has 0 radical (unpaired) electrons. The van der Waals surface area contributed by atoms with Crippen LogP contribution in [0.25, 0.3) is 0 Å². The van der Waals surface area contributed by atoms with Crippen LogP contribution in [-0.2, 0) is 19.2 Å². The lowest BCUT2D eigenvalue weighted by atomic mass is 10.1. The lowest BCUT2D eigenvalue weighted by Gasteiger charge is -2.37. The fourth-order valence-corrected chi connectivity index (χ4v) is 3.57. The molecule has 0 aromatic heterocycles. The van der Waals surface area contributed by atoms with E-state index < -0.39 is 6.04 Å². The molecule has 2 heterocycles. The van der Waals surface area contributed by atoms with E-state index in [0.717, 1.165) is 6.41 Å². The second-order valence-electron chi connectivity index (χ2n) is 7.07. The van der Waals surface area contributed by atoms with Crippen LogP contribution in [0.3, 0.4) is 0 Å². The van der Waals surface area contributed by atoms with E-state index in [1.165, 1.54) is 4.90 Å². The maximum Gasteiger partial charge on any atom is 0.243 e. The van der Waals surface area contributed by atoms with Gasteiger partial charge in [0.1, 0.15) is 6.04 Å². The molecule has 29 heavy (non-hydrogen) atoms. The number of benzene rings is 1. The third kappa shape index (κ3) is 5.68. The first-order chi connectivity index (χ1) is 14.0. The van der Waals surface area contributed by atoms with Crippen molar-refractivity contribution in [3.8, 4) is 0 Å². The number of anilines is 1. The summed E-state index contributed by atoms with van der Waals surface area (Å²) in [7, 11) is 0. The van der Waals surface area contributed by atoms with Crippen molar-refractivity contribution >= 4 is 41.4 Å². The highest BCUT2D eigenvalue weighted by Crippen LogP contribution is 2.16. The highest BCUT2D eigenvalue weighted by atomic mass is 35.5. The van der Waals surface area contributed by atoms with Gasteiger partial charge in [0.05, 0.1) is 13.0 Å². The van der Waals surface area contributed by atoms with Gasteiger partial charge < -0.3 is 20.4 Å². The Hall–Kier alpha value is -2.65. The van der Waals surface area contributed by atoms with Crippen molar-refractivity contribution in [2.24, 2.45) is 0 Å². The summed E-state index contributed by atoms with van der Waals surface area (Å²) in [5, 5.41) is 6.00. The molecule has 10 heteroatoms. The molecule has 4 amide bonds. The van der Waals surface area contributed by atoms with Crippen LogP contribution in [0, 0.1) is 0 Å². The predicted molar refractivity (Wildman–Crippen MR) is 107 cm³/mol. The standard InChI is InChI=1S/C19H24ClN5O4/c20-14-1-3-15(4-2-14)22-17(27)11-16-19(29)21-5-6-25(16)18(28)12-23-7-9-24(13-26)10-8-23/h1-4,13,16H,5-12H2,(H,21,29)(H,22,27)/t16-/m0/s1. The Balaban J connectivity index is 1.58. The van der Waals surface area contributed by atoms with Crippen LogP contribution < -0.4 is 10.6 Å². The zero-order valence-electron chi connectivity index (χ0n) is 16.0. The van der Waals surface area contributed by atoms with Crippen LogP contribution in [0.2, 0.25) is 5.02 Å². The van der Waals surface area contributed by atoms with Gasteiger partial charge in [-0.3, -0.25) is 24.1 Å². The number of rotatable bonds is 6. The van der Waals surface area contributed by atoms with E-state index in [2.05, 4.69) is 10.6 Å². The molecule has 0 spiro atoms. The molecular formula is C19H24ClN5O4. The first-order valence-electron chi connectivity index (χ1n) is 9.50. The summed E-state index contributed by atoms with van der Waals surface area (Å²) in [6.45, 7) is 3.23. The first kappa shape index (κ1) is 21.1. The molecule has 2 saturated heterocycles. The number of hydrogen-bond acceptors (Lipinski definition) is 5. The number of nitrogens with zero attached hydrogens (tertiary/aromatic N) is 3. The van der Waals surface area contributed by atoms with Crippen LogP contribution >= 0.6 is 11.6 Å². The minimum atomic E-state index is -0.847. The molecule has 2 aliphatic heterocycles. The van der Waals surface area contributed by atoms with Gasteiger partial charge in [-0.2, -0.15) is 0 Å². The minimum absolute atomic E-state index is 0.126.